The molecular formula is C9H15NO6. The summed E-state index contributed by atoms with van der Waals surface area (Å²) >= 11 is 0. The van der Waals surface area contributed by atoms with Crippen LogP contribution in [0.3, 0.4) is 0 Å². The molecule has 1 unspecified atom stereocenters. The second-order valence-electron chi connectivity index (χ2n) is 3.12. The summed E-state index contributed by atoms with van der Waals surface area (Å²) in [7, 11) is 0. The highest BCUT2D eigenvalue weighted by Crippen LogP contribution is 2.14. The van der Waals surface area contributed by atoms with E-state index in [1.54, 1.807) is 0 Å². The van der Waals surface area contributed by atoms with Crippen molar-refractivity contribution in [3.63, 3.8) is 0 Å². The summed E-state index contributed by atoms with van der Waals surface area (Å²) in [5.41, 5.74) is 0. The summed E-state index contributed by atoms with van der Waals surface area (Å²) in [5, 5.41) is 23.8. The van der Waals surface area contributed by atoms with Crippen LogP contribution < -0.4 is 0 Å². The van der Waals surface area contributed by atoms with E-state index in [4.69, 9.17) is 15.3 Å². The highest BCUT2D eigenvalue weighted by atomic mass is 16.4. The maximum atomic E-state index is 11.0. The first-order valence-corrected chi connectivity index (χ1v) is 4.75. The highest BCUT2D eigenvalue weighted by Gasteiger charge is 2.35. The maximum Gasteiger partial charge on any atom is 0.326 e. The number of likely N-dealkylation sites (tertiary alicyclic amines) is 1. The van der Waals surface area contributed by atoms with E-state index in [2.05, 4.69) is 0 Å². The minimum absolute atomic E-state index is 0.125. The molecule has 16 heavy (non-hydrogen) atoms. The Morgan fingerprint density at radius 3 is 1.88 bits per heavy atom. The maximum absolute atomic E-state index is 11.0. The molecule has 3 N–H and O–H groups in total. The lowest BCUT2D eigenvalue weighted by molar-refractivity contribution is -0.153. The third kappa shape index (κ3) is 3.95. The number of hydrogen-bond acceptors (Lipinski definition) is 5. The topological polar surface area (TPSA) is 115 Å². The standard InChI is InChI=1S/C7H9NO4.C2H6O2/c1-4(7(11)12)8-5(9)2-3-6(8)10;3-1-2-4/h4H,2-3H2,1H3,(H,11,12);3-4H,1-2H2. The predicted molar refractivity (Wildman–Crippen MR) is 52.4 cm³/mol. The molecule has 2 amide bonds. The van der Waals surface area contributed by atoms with Crippen LogP contribution in [0.15, 0.2) is 0 Å². The molecule has 1 aliphatic heterocycles. The number of nitrogens with zero attached hydrogens (tertiary/aromatic N) is 1. The van der Waals surface area contributed by atoms with Gasteiger partial charge in [0.1, 0.15) is 6.04 Å². The van der Waals surface area contributed by atoms with Gasteiger partial charge < -0.3 is 15.3 Å². The second-order valence-corrected chi connectivity index (χ2v) is 3.12. The van der Waals surface area contributed by atoms with E-state index in [9.17, 15) is 14.4 Å². The number of carbonyl (C=O) groups is 3. The zero-order valence-corrected chi connectivity index (χ0v) is 8.92. The van der Waals surface area contributed by atoms with Crippen molar-refractivity contribution >= 4 is 17.8 Å². The van der Waals surface area contributed by atoms with Crippen LogP contribution >= 0.6 is 0 Å². The number of carboxylic acid groups (broad SMARTS) is 1. The lowest BCUT2D eigenvalue weighted by Gasteiger charge is -2.17. The average Bonchev–Trinajstić information content (AvgIpc) is 2.58. The minimum Gasteiger partial charge on any atom is -0.480 e. The Bertz CT molecular complexity index is 259. The molecule has 92 valence electrons. The smallest absolute Gasteiger partial charge is 0.326 e. The van der Waals surface area contributed by atoms with Crippen molar-refractivity contribution in [2.45, 2.75) is 25.8 Å². The van der Waals surface area contributed by atoms with Crippen LogP contribution in [-0.2, 0) is 14.4 Å². The van der Waals surface area contributed by atoms with Crippen molar-refractivity contribution in [3.8, 4) is 0 Å². The Balaban J connectivity index is 0.000000487. The number of hydrogen-bond donors (Lipinski definition) is 3. The van der Waals surface area contributed by atoms with Crippen LogP contribution in [0.1, 0.15) is 19.8 Å². The van der Waals surface area contributed by atoms with Gasteiger partial charge in [0.2, 0.25) is 11.8 Å². The Morgan fingerprint density at radius 1 is 1.25 bits per heavy atom. The number of carbonyl (C=O) groups excluding carboxylic acids is 2. The minimum atomic E-state index is -1.15. The fourth-order valence-electron chi connectivity index (χ4n) is 1.14. The third-order valence-electron chi connectivity index (χ3n) is 1.93. The Hall–Kier alpha value is -1.47. The van der Waals surface area contributed by atoms with Gasteiger partial charge in [-0.1, -0.05) is 0 Å². The zero-order valence-electron chi connectivity index (χ0n) is 8.92. The molecule has 0 bridgehead atoms. The van der Waals surface area contributed by atoms with E-state index in [0.29, 0.717) is 0 Å². The van der Waals surface area contributed by atoms with Gasteiger partial charge in [0.05, 0.1) is 13.2 Å². The summed E-state index contributed by atoms with van der Waals surface area (Å²) in [5.74, 6) is -1.94. The summed E-state index contributed by atoms with van der Waals surface area (Å²) in [6.07, 6.45) is 0.271. The van der Waals surface area contributed by atoms with Gasteiger partial charge in [-0.2, -0.15) is 0 Å². The predicted octanol–water partition coefficient (Wildman–Crippen LogP) is -1.42. The van der Waals surface area contributed by atoms with Crippen molar-refractivity contribution in [2.75, 3.05) is 13.2 Å². The second kappa shape index (κ2) is 6.91. The molecule has 0 aromatic carbocycles. The Morgan fingerprint density at radius 2 is 1.62 bits per heavy atom. The molecule has 0 radical (unpaired) electrons. The van der Waals surface area contributed by atoms with Crippen LogP contribution in [0.4, 0.5) is 0 Å². The monoisotopic (exact) mass is 233 g/mol. The number of aliphatic hydroxyl groups excluding tert-OH is 2. The molecule has 0 aromatic rings. The molecular weight excluding hydrogens is 218 g/mol. The van der Waals surface area contributed by atoms with Crippen molar-refractivity contribution in [1.82, 2.24) is 4.90 Å². The normalized spacial score (nSPS) is 16.8. The molecule has 7 nitrogen and oxygen atoms in total. The van der Waals surface area contributed by atoms with Gasteiger partial charge in [-0.15, -0.1) is 0 Å². The summed E-state index contributed by atoms with van der Waals surface area (Å²) in [4.78, 5) is 33.2. The molecule has 0 saturated carbocycles. The fraction of sp³-hybridized carbons (Fsp3) is 0.667. The van der Waals surface area contributed by atoms with E-state index in [1.807, 2.05) is 0 Å². The van der Waals surface area contributed by atoms with Gasteiger partial charge in [0.15, 0.2) is 0 Å². The zero-order chi connectivity index (χ0) is 12.7. The number of rotatable bonds is 3. The van der Waals surface area contributed by atoms with Crippen LogP contribution in [-0.4, -0.2) is 57.3 Å². The van der Waals surface area contributed by atoms with E-state index in [-0.39, 0.29) is 26.1 Å². The molecule has 0 spiro atoms. The van der Waals surface area contributed by atoms with E-state index >= 15 is 0 Å². The third-order valence-corrected chi connectivity index (χ3v) is 1.93. The summed E-state index contributed by atoms with van der Waals surface area (Å²) in [6.45, 7) is 1.07. The Kier molecular flexibility index (Phi) is 6.28. The van der Waals surface area contributed by atoms with Crippen LogP contribution in [0.5, 0.6) is 0 Å². The largest absolute Gasteiger partial charge is 0.480 e. The van der Waals surface area contributed by atoms with Crippen molar-refractivity contribution in [1.29, 1.82) is 0 Å². The first kappa shape index (κ1) is 14.5. The average molecular weight is 233 g/mol. The van der Waals surface area contributed by atoms with Gasteiger partial charge in [-0.25, -0.2) is 4.79 Å². The molecule has 1 heterocycles. The number of amides is 2. The van der Waals surface area contributed by atoms with Crippen molar-refractivity contribution in [2.24, 2.45) is 0 Å². The van der Waals surface area contributed by atoms with Crippen LogP contribution in [0.2, 0.25) is 0 Å². The summed E-state index contributed by atoms with van der Waals surface area (Å²) in [6, 6.07) is -1.03. The fourth-order valence-corrected chi connectivity index (χ4v) is 1.14. The number of carboxylic acids is 1. The molecule has 7 heteroatoms. The van der Waals surface area contributed by atoms with E-state index in [1.165, 1.54) is 6.92 Å². The lowest BCUT2D eigenvalue weighted by atomic mass is 10.3. The lowest BCUT2D eigenvalue weighted by Crippen LogP contribution is -2.42. The van der Waals surface area contributed by atoms with Crippen molar-refractivity contribution in [3.05, 3.63) is 0 Å². The van der Waals surface area contributed by atoms with Gasteiger partial charge in [0, 0.05) is 12.8 Å². The highest BCUT2D eigenvalue weighted by molar-refractivity contribution is 6.04. The molecule has 0 aromatic heterocycles. The first-order valence-electron chi connectivity index (χ1n) is 4.75. The molecule has 1 aliphatic rings. The van der Waals surface area contributed by atoms with Gasteiger partial charge in [-0.05, 0) is 6.92 Å². The van der Waals surface area contributed by atoms with Crippen LogP contribution in [0.25, 0.3) is 0 Å². The molecule has 1 rings (SSSR count). The molecule has 1 fully saturated rings. The quantitative estimate of drug-likeness (QED) is 0.515. The molecule has 0 aliphatic carbocycles. The number of imide groups is 1. The van der Waals surface area contributed by atoms with E-state index in [0.717, 1.165) is 4.90 Å². The first-order chi connectivity index (χ1) is 7.45. The number of aliphatic hydroxyl groups is 2. The summed E-state index contributed by atoms with van der Waals surface area (Å²) < 4.78 is 0. The SMILES string of the molecule is CC(C(=O)O)N1C(=O)CCC1=O.OCCO. The Labute approximate surface area is 92.3 Å². The van der Waals surface area contributed by atoms with E-state index < -0.39 is 23.8 Å². The van der Waals surface area contributed by atoms with Gasteiger partial charge >= 0.3 is 5.97 Å². The van der Waals surface area contributed by atoms with Crippen molar-refractivity contribution < 1.29 is 29.7 Å². The molecule has 1 saturated heterocycles. The van der Waals surface area contributed by atoms with Gasteiger partial charge in [0.25, 0.3) is 0 Å². The number of aliphatic carboxylic acids is 1. The van der Waals surface area contributed by atoms with Crippen LogP contribution in [0, 0.1) is 0 Å². The molecule has 1 atom stereocenters. The van der Waals surface area contributed by atoms with Gasteiger partial charge in [-0.3, -0.25) is 14.5 Å².